The summed E-state index contributed by atoms with van der Waals surface area (Å²) >= 11 is 5.91. The first kappa shape index (κ1) is 14.8. The third-order valence-electron chi connectivity index (χ3n) is 3.19. The number of methoxy groups -OCH3 is 1. The van der Waals surface area contributed by atoms with Gasteiger partial charge in [-0.2, -0.15) is 5.10 Å². The van der Waals surface area contributed by atoms with E-state index in [0.717, 1.165) is 0 Å². The summed E-state index contributed by atoms with van der Waals surface area (Å²) in [6.45, 7) is 1.79. The third kappa shape index (κ3) is 2.64. The van der Waals surface area contributed by atoms with Gasteiger partial charge < -0.3 is 9.84 Å². The zero-order chi connectivity index (χ0) is 14.9. The van der Waals surface area contributed by atoms with Gasteiger partial charge in [0, 0.05) is 13.5 Å². The molecule has 0 radical (unpaired) electrons. The first-order chi connectivity index (χ1) is 9.45. The van der Waals surface area contributed by atoms with Crippen LogP contribution in [0, 0.1) is 12.7 Å². The Hall–Kier alpha value is -1.59. The second-order valence-corrected chi connectivity index (χ2v) is 4.94. The lowest BCUT2D eigenvalue weighted by Crippen LogP contribution is -2.06. The van der Waals surface area contributed by atoms with Gasteiger partial charge in [-0.15, -0.1) is 0 Å². The van der Waals surface area contributed by atoms with Crippen LogP contribution in [-0.4, -0.2) is 22.0 Å². The van der Waals surface area contributed by atoms with Crippen molar-refractivity contribution in [2.24, 2.45) is 7.05 Å². The van der Waals surface area contributed by atoms with E-state index in [-0.39, 0.29) is 11.4 Å². The van der Waals surface area contributed by atoms with E-state index in [2.05, 4.69) is 5.10 Å². The van der Waals surface area contributed by atoms with Crippen LogP contribution in [0.25, 0.3) is 0 Å². The number of halogens is 2. The summed E-state index contributed by atoms with van der Waals surface area (Å²) in [6.07, 6.45) is -0.669. The number of rotatable bonds is 4. The Balaban J connectivity index is 2.33. The van der Waals surface area contributed by atoms with Crippen LogP contribution in [0.2, 0.25) is 5.02 Å². The van der Waals surface area contributed by atoms with Gasteiger partial charge in [0.15, 0.2) is 0 Å². The molecule has 0 amide bonds. The molecular weight excluding hydrogens is 283 g/mol. The fourth-order valence-corrected chi connectivity index (χ4v) is 2.50. The number of ether oxygens (including phenoxy) is 1. The predicted molar refractivity (Wildman–Crippen MR) is 74.6 cm³/mol. The second-order valence-electron chi connectivity index (χ2n) is 4.56. The van der Waals surface area contributed by atoms with Crippen LogP contribution in [0.3, 0.4) is 0 Å². The number of hydrogen-bond acceptors (Lipinski definition) is 3. The van der Waals surface area contributed by atoms with Crippen LogP contribution in [0.4, 0.5) is 4.39 Å². The fraction of sp³-hybridized carbons (Fsp3) is 0.357. The van der Waals surface area contributed by atoms with Gasteiger partial charge in [0.25, 0.3) is 0 Å². The van der Waals surface area contributed by atoms with E-state index in [0.29, 0.717) is 22.7 Å². The molecule has 1 unspecified atom stereocenters. The van der Waals surface area contributed by atoms with Crippen LogP contribution in [0.5, 0.6) is 5.88 Å². The van der Waals surface area contributed by atoms with Crippen LogP contribution in [-0.2, 0) is 13.5 Å². The van der Waals surface area contributed by atoms with E-state index in [4.69, 9.17) is 16.3 Å². The largest absolute Gasteiger partial charge is 0.481 e. The molecule has 0 aliphatic heterocycles. The maximum Gasteiger partial charge on any atom is 0.217 e. The Labute approximate surface area is 121 Å². The molecule has 0 bridgehead atoms. The zero-order valence-electron chi connectivity index (χ0n) is 11.5. The summed E-state index contributed by atoms with van der Waals surface area (Å²) in [5.41, 5.74) is 1.81. The van der Waals surface area contributed by atoms with Crippen molar-refractivity contribution in [2.75, 3.05) is 7.11 Å². The molecule has 1 N–H and O–H groups in total. The lowest BCUT2D eigenvalue weighted by Gasteiger charge is -2.13. The van der Waals surface area contributed by atoms with Crippen molar-refractivity contribution in [2.45, 2.75) is 19.4 Å². The Morgan fingerprint density at radius 3 is 2.85 bits per heavy atom. The van der Waals surface area contributed by atoms with Crippen molar-refractivity contribution >= 4 is 11.6 Å². The summed E-state index contributed by atoms with van der Waals surface area (Å²) in [7, 11) is 3.25. The summed E-state index contributed by atoms with van der Waals surface area (Å²) in [5, 5.41) is 14.6. The SMILES string of the molecule is COc1c(C(O)Cc2cccc(F)c2Cl)c(C)nn1C. The molecule has 0 spiro atoms. The van der Waals surface area contributed by atoms with Crippen molar-refractivity contribution in [3.63, 3.8) is 0 Å². The Morgan fingerprint density at radius 2 is 2.20 bits per heavy atom. The van der Waals surface area contributed by atoms with Crippen molar-refractivity contribution in [1.82, 2.24) is 9.78 Å². The van der Waals surface area contributed by atoms with Gasteiger partial charge in [-0.1, -0.05) is 23.7 Å². The molecule has 20 heavy (non-hydrogen) atoms. The first-order valence-electron chi connectivity index (χ1n) is 6.14. The number of aryl methyl sites for hydroxylation is 2. The van der Waals surface area contributed by atoms with Gasteiger partial charge >= 0.3 is 0 Å². The minimum atomic E-state index is -0.863. The molecular formula is C14H16ClFN2O2. The summed E-state index contributed by atoms with van der Waals surface area (Å²) < 4.78 is 20.2. The molecule has 1 aromatic heterocycles. The smallest absolute Gasteiger partial charge is 0.217 e. The van der Waals surface area contributed by atoms with Crippen LogP contribution in [0.15, 0.2) is 18.2 Å². The number of aliphatic hydroxyl groups excluding tert-OH is 1. The number of hydrogen-bond donors (Lipinski definition) is 1. The van der Waals surface area contributed by atoms with Crippen LogP contribution >= 0.6 is 11.6 Å². The first-order valence-corrected chi connectivity index (χ1v) is 6.52. The highest BCUT2D eigenvalue weighted by atomic mass is 35.5. The Morgan fingerprint density at radius 1 is 1.50 bits per heavy atom. The van der Waals surface area contributed by atoms with Gasteiger partial charge in [-0.25, -0.2) is 9.07 Å². The van der Waals surface area contributed by atoms with Gasteiger partial charge in [0.2, 0.25) is 5.88 Å². The van der Waals surface area contributed by atoms with E-state index < -0.39 is 11.9 Å². The maximum atomic E-state index is 13.4. The van der Waals surface area contributed by atoms with E-state index in [1.807, 2.05) is 0 Å². The molecule has 0 saturated heterocycles. The fourth-order valence-electron chi connectivity index (χ4n) is 2.30. The van der Waals surface area contributed by atoms with Crippen molar-refractivity contribution in [3.8, 4) is 5.88 Å². The summed E-state index contributed by atoms with van der Waals surface area (Å²) in [5.74, 6) is -0.00577. The van der Waals surface area contributed by atoms with Crippen molar-refractivity contribution < 1.29 is 14.2 Å². The lowest BCUT2D eigenvalue weighted by molar-refractivity contribution is 0.172. The molecule has 2 aromatic rings. The topological polar surface area (TPSA) is 47.3 Å². The molecule has 1 atom stereocenters. The van der Waals surface area contributed by atoms with Crippen LogP contribution < -0.4 is 4.74 Å². The van der Waals surface area contributed by atoms with Gasteiger partial charge in [0.1, 0.15) is 5.82 Å². The summed E-state index contributed by atoms with van der Waals surface area (Å²) in [4.78, 5) is 0. The highest BCUT2D eigenvalue weighted by Crippen LogP contribution is 2.32. The molecule has 1 heterocycles. The second kappa shape index (κ2) is 5.81. The molecule has 108 valence electrons. The zero-order valence-corrected chi connectivity index (χ0v) is 12.3. The third-order valence-corrected chi connectivity index (χ3v) is 3.61. The van der Waals surface area contributed by atoms with Crippen molar-refractivity contribution in [3.05, 3.63) is 45.9 Å². The van der Waals surface area contributed by atoms with E-state index in [1.165, 1.54) is 13.2 Å². The average Bonchev–Trinajstić information content (AvgIpc) is 2.69. The van der Waals surface area contributed by atoms with Gasteiger partial charge in [-0.3, -0.25) is 0 Å². The molecule has 4 nitrogen and oxygen atoms in total. The highest BCUT2D eigenvalue weighted by molar-refractivity contribution is 6.31. The van der Waals surface area contributed by atoms with Gasteiger partial charge in [0.05, 0.1) is 29.5 Å². The quantitative estimate of drug-likeness (QED) is 0.944. The number of benzene rings is 1. The predicted octanol–water partition coefficient (Wildman–Crippen LogP) is 2.81. The monoisotopic (exact) mass is 298 g/mol. The normalized spacial score (nSPS) is 12.5. The number of nitrogens with zero attached hydrogens (tertiary/aromatic N) is 2. The minimum absolute atomic E-state index is 0.0343. The number of aliphatic hydroxyl groups is 1. The molecule has 1 aromatic carbocycles. The lowest BCUT2D eigenvalue weighted by atomic mass is 10.0. The molecule has 0 saturated carbocycles. The minimum Gasteiger partial charge on any atom is -0.481 e. The molecule has 2 rings (SSSR count). The Kier molecular flexibility index (Phi) is 4.30. The molecule has 6 heteroatoms. The molecule has 0 aliphatic carbocycles. The van der Waals surface area contributed by atoms with Crippen molar-refractivity contribution in [1.29, 1.82) is 0 Å². The van der Waals surface area contributed by atoms with E-state index in [1.54, 1.807) is 30.8 Å². The van der Waals surface area contributed by atoms with Crippen LogP contribution in [0.1, 0.15) is 22.9 Å². The average molecular weight is 299 g/mol. The molecule has 0 aliphatic rings. The number of aromatic nitrogens is 2. The van der Waals surface area contributed by atoms with E-state index >= 15 is 0 Å². The highest BCUT2D eigenvalue weighted by Gasteiger charge is 2.22. The summed E-state index contributed by atoms with van der Waals surface area (Å²) in [6, 6.07) is 4.54. The Bertz CT molecular complexity index is 628. The van der Waals surface area contributed by atoms with E-state index in [9.17, 15) is 9.50 Å². The maximum absolute atomic E-state index is 13.4. The molecule has 0 fully saturated rings. The van der Waals surface area contributed by atoms with Gasteiger partial charge in [-0.05, 0) is 18.6 Å². The standard InChI is InChI=1S/C14H16ClFN2O2/c1-8-12(14(20-3)18(2)17-8)11(19)7-9-5-4-6-10(16)13(9)15/h4-6,11,19H,7H2,1-3H3.